The quantitative estimate of drug-likeness (QED) is 0.896. The fraction of sp³-hybridized carbons (Fsp3) is 0.267. The summed E-state index contributed by atoms with van der Waals surface area (Å²) in [4.78, 5) is 11.9. The minimum Gasteiger partial charge on any atom is -0.478 e. The molecule has 1 aliphatic rings. The van der Waals surface area contributed by atoms with Gasteiger partial charge in [0.15, 0.2) is 0 Å². The molecular weight excluding hydrogens is 354 g/mol. The van der Waals surface area contributed by atoms with Gasteiger partial charge in [-0.3, -0.25) is 4.31 Å². The average molecular weight is 369 g/mol. The summed E-state index contributed by atoms with van der Waals surface area (Å²) in [5.41, 5.74) is 0.641. The summed E-state index contributed by atoms with van der Waals surface area (Å²) in [6, 6.07) is 8.38. The van der Waals surface area contributed by atoms with E-state index in [1.807, 2.05) is 32.0 Å². The Morgan fingerprint density at radius 1 is 1.26 bits per heavy atom. The standard InChI is InChI=1S/C15H15NO4S3/c1-9-10(2)22-13-6-4-3-5-12(13)16(9)23(19,20)14-7-11(8-21-14)15(17)18/h3-10H,1-2H3,(H,17,18)/t9-,10+/m0/s1. The van der Waals surface area contributed by atoms with E-state index in [1.54, 1.807) is 17.8 Å². The van der Waals surface area contributed by atoms with E-state index in [0.717, 1.165) is 16.2 Å². The number of benzene rings is 1. The Morgan fingerprint density at radius 3 is 2.61 bits per heavy atom. The normalized spacial score (nSPS) is 21.0. The molecule has 2 heterocycles. The van der Waals surface area contributed by atoms with Crippen LogP contribution in [0, 0.1) is 0 Å². The molecule has 0 amide bonds. The molecule has 3 rings (SSSR count). The number of fused-ring (bicyclic) bond motifs is 1. The highest BCUT2D eigenvalue weighted by Gasteiger charge is 2.38. The highest BCUT2D eigenvalue weighted by atomic mass is 32.2. The highest BCUT2D eigenvalue weighted by molar-refractivity contribution is 8.00. The summed E-state index contributed by atoms with van der Waals surface area (Å²) in [6.45, 7) is 3.86. The summed E-state index contributed by atoms with van der Waals surface area (Å²) in [6.07, 6.45) is 0. The van der Waals surface area contributed by atoms with Crippen molar-refractivity contribution < 1.29 is 18.3 Å². The molecule has 0 fully saturated rings. The zero-order valence-electron chi connectivity index (χ0n) is 12.5. The third-order valence-electron chi connectivity index (χ3n) is 3.80. The van der Waals surface area contributed by atoms with Crippen molar-refractivity contribution in [3.63, 3.8) is 0 Å². The Balaban J connectivity index is 2.12. The van der Waals surface area contributed by atoms with Gasteiger partial charge in [-0.15, -0.1) is 23.1 Å². The van der Waals surface area contributed by atoms with Gasteiger partial charge in [0.05, 0.1) is 17.3 Å². The highest BCUT2D eigenvalue weighted by Crippen LogP contribution is 2.44. The first-order valence-corrected chi connectivity index (χ1v) is 10.1. The minimum atomic E-state index is -3.80. The molecule has 5 nitrogen and oxygen atoms in total. The van der Waals surface area contributed by atoms with Gasteiger partial charge in [-0.05, 0) is 25.1 Å². The van der Waals surface area contributed by atoms with E-state index in [0.29, 0.717) is 5.69 Å². The Labute approximate surface area is 143 Å². The van der Waals surface area contributed by atoms with Crippen molar-refractivity contribution in [3.8, 4) is 0 Å². The van der Waals surface area contributed by atoms with Gasteiger partial charge in [-0.25, -0.2) is 13.2 Å². The molecule has 0 saturated heterocycles. The number of nitrogens with zero attached hydrogens (tertiary/aromatic N) is 1. The van der Waals surface area contributed by atoms with Crippen LogP contribution in [0.2, 0.25) is 0 Å². The number of anilines is 1. The van der Waals surface area contributed by atoms with Crippen LogP contribution in [-0.4, -0.2) is 30.8 Å². The fourth-order valence-electron chi connectivity index (χ4n) is 2.46. The molecule has 2 atom stereocenters. The number of carboxylic acid groups (broad SMARTS) is 1. The van der Waals surface area contributed by atoms with Crippen molar-refractivity contribution >= 4 is 44.8 Å². The molecule has 0 radical (unpaired) electrons. The Kier molecular flexibility index (Phi) is 4.16. The Morgan fingerprint density at radius 2 is 1.96 bits per heavy atom. The van der Waals surface area contributed by atoms with Gasteiger partial charge >= 0.3 is 5.97 Å². The predicted molar refractivity (Wildman–Crippen MR) is 92.2 cm³/mol. The second-order valence-electron chi connectivity index (χ2n) is 5.29. The third kappa shape index (κ3) is 2.75. The number of thioether (sulfide) groups is 1. The first-order chi connectivity index (χ1) is 10.8. The molecule has 122 valence electrons. The first kappa shape index (κ1) is 16.4. The molecule has 2 aromatic rings. The van der Waals surface area contributed by atoms with Crippen molar-refractivity contribution in [1.82, 2.24) is 0 Å². The van der Waals surface area contributed by atoms with Gasteiger partial charge in [-0.1, -0.05) is 19.1 Å². The fourth-order valence-corrected chi connectivity index (χ4v) is 6.74. The van der Waals surface area contributed by atoms with Gasteiger partial charge in [0.1, 0.15) is 4.21 Å². The van der Waals surface area contributed by atoms with Gasteiger partial charge in [0.25, 0.3) is 10.0 Å². The SMILES string of the molecule is C[C@H]1Sc2ccccc2N(S(=O)(=O)c2cc(C(=O)O)cs2)[C@H]1C. The van der Waals surface area contributed by atoms with E-state index in [1.165, 1.54) is 15.8 Å². The molecule has 0 bridgehead atoms. The molecule has 1 aliphatic heterocycles. The number of sulfonamides is 1. The first-order valence-electron chi connectivity index (χ1n) is 6.94. The van der Waals surface area contributed by atoms with Crippen molar-refractivity contribution in [1.29, 1.82) is 0 Å². The largest absolute Gasteiger partial charge is 0.478 e. The average Bonchev–Trinajstić information content (AvgIpc) is 2.99. The lowest BCUT2D eigenvalue weighted by Crippen LogP contribution is -2.45. The second kappa shape index (κ2) is 5.85. The summed E-state index contributed by atoms with van der Waals surface area (Å²) >= 11 is 2.59. The minimum absolute atomic E-state index is 0.00561. The van der Waals surface area contributed by atoms with Crippen molar-refractivity contribution in [2.24, 2.45) is 0 Å². The number of carbonyl (C=O) groups is 1. The number of aromatic carboxylic acids is 1. The summed E-state index contributed by atoms with van der Waals surface area (Å²) in [5, 5.41) is 10.5. The number of para-hydroxylation sites is 1. The van der Waals surface area contributed by atoms with Crippen LogP contribution >= 0.6 is 23.1 Å². The Bertz CT molecular complexity index is 859. The lowest BCUT2D eigenvalue weighted by atomic mass is 10.2. The van der Waals surface area contributed by atoms with Crippen LogP contribution in [0.3, 0.4) is 0 Å². The second-order valence-corrected chi connectivity index (χ2v) is 9.66. The van der Waals surface area contributed by atoms with Gasteiger partial charge < -0.3 is 5.11 Å². The Hall–Kier alpha value is -1.51. The third-order valence-corrected chi connectivity index (χ3v) is 8.48. The summed E-state index contributed by atoms with van der Waals surface area (Å²) in [7, 11) is -3.80. The van der Waals surface area contributed by atoms with Gasteiger partial charge in [0, 0.05) is 15.5 Å². The van der Waals surface area contributed by atoms with E-state index < -0.39 is 16.0 Å². The van der Waals surface area contributed by atoms with Crippen molar-refractivity contribution in [2.75, 3.05) is 4.31 Å². The maximum Gasteiger partial charge on any atom is 0.336 e. The smallest absolute Gasteiger partial charge is 0.336 e. The topological polar surface area (TPSA) is 74.7 Å². The van der Waals surface area contributed by atoms with E-state index in [4.69, 9.17) is 5.11 Å². The van der Waals surface area contributed by atoms with E-state index in [-0.39, 0.29) is 21.1 Å². The number of hydrogen-bond acceptors (Lipinski definition) is 5. The molecule has 0 saturated carbocycles. The molecule has 1 N–H and O–H groups in total. The zero-order chi connectivity index (χ0) is 16.8. The lowest BCUT2D eigenvalue weighted by molar-refractivity contribution is 0.0697. The van der Waals surface area contributed by atoms with E-state index in [9.17, 15) is 13.2 Å². The van der Waals surface area contributed by atoms with Gasteiger partial charge in [0.2, 0.25) is 0 Å². The molecule has 23 heavy (non-hydrogen) atoms. The van der Waals surface area contributed by atoms with E-state index in [2.05, 4.69) is 0 Å². The van der Waals surface area contributed by atoms with Crippen LogP contribution in [0.15, 0.2) is 44.8 Å². The van der Waals surface area contributed by atoms with Crippen LogP contribution in [0.25, 0.3) is 0 Å². The number of rotatable bonds is 3. The lowest BCUT2D eigenvalue weighted by Gasteiger charge is -2.38. The molecule has 0 spiro atoms. The molecule has 0 unspecified atom stereocenters. The van der Waals surface area contributed by atoms with Crippen molar-refractivity contribution in [3.05, 3.63) is 41.3 Å². The molecule has 0 aliphatic carbocycles. The van der Waals surface area contributed by atoms with Crippen LogP contribution in [0.5, 0.6) is 0 Å². The number of hydrogen-bond donors (Lipinski definition) is 1. The molecule has 1 aromatic heterocycles. The molecule has 1 aromatic carbocycles. The maximum atomic E-state index is 13.1. The predicted octanol–water partition coefficient (Wildman–Crippen LogP) is 3.52. The number of thiophene rings is 1. The van der Waals surface area contributed by atoms with Gasteiger partial charge in [-0.2, -0.15) is 0 Å². The zero-order valence-corrected chi connectivity index (χ0v) is 14.9. The maximum absolute atomic E-state index is 13.1. The van der Waals surface area contributed by atoms with E-state index >= 15 is 0 Å². The molecule has 8 heteroatoms. The summed E-state index contributed by atoms with van der Waals surface area (Å²) in [5.74, 6) is -1.13. The summed E-state index contributed by atoms with van der Waals surface area (Å²) < 4.78 is 27.6. The van der Waals surface area contributed by atoms with Crippen LogP contribution in [-0.2, 0) is 10.0 Å². The molecular formula is C15H15NO4S3. The monoisotopic (exact) mass is 369 g/mol. The van der Waals surface area contributed by atoms with Crippen LogP contribution in [0.1, 0.15) is 24.2 Å². The number of carboxylic acids is 1. The van der Waals surface area contributed by atoms with Crippen molar-refractivity contribution in [2.45, 2.75) is 34.2 Å². The van der Waals surface area contributed by atoms with Crippen LogP contribution in [0.4, 0.5) is 5.69 Å². The van der Waals surface area contributed by atoms with Crippen LogP contribution < -0.4 is 4.31 Å².